The molecule has 0 aromatic carbocycles. The summed E-state index contributed by atoms with van der Waals surface area (Å²) in [6, 6.07) is 0. The number of hydrogen-bond acceptors (Lipinski definition) is 3. The smallest absolute Gasteiger partial charge is 0.388 e. The first-order chi connectivity index (χ1) is 6.51. The van der Waals surface area contributed by atoms with Crippen LogP contribution >= 0.6 is 0 Å². The number of aldehydes is 1. The SMILES string of the molecule is C#C/C(OC(F)F)=C(O)\C=C(/C)C=O. The fraction of sp³-hybridized carbons (Fsp3) is 0.222. The third-order valence-corrected chi connectivity index (χ3v) is 1.12. The van der Waals surface area contributed by atoms with E-state index in [0.717, 1.165) is 6.08 Å². The third-order valence-electron chi connectivity index (χ3n) is 1.12. The van der Waals surface area contributed by atoms with Gasteiger partial charge in [0.15, 0.2) is 5.76 Å². The standard InChI is InChI=1S/C9H8F2O3/c1-3-8(14-9(10)11)7(13)4-6(2)5-12/h1,4-5,9,13H,2H3/b6-4+,8-7-. The van der Waals surface area contributed by atoms with E-state index in [-0.39, 0.29) is 5.57 Å². The Morgan fingerprint density at radius 2 is 2.21 bits per heavy atom. The highest BCUT2D eigenvalue weighted by atomic mass is 19.3. The number of halogens is 2. The van der Waals surface area contributed by atoms with Crippen LogP contribution in [0.2, 0.25) is 0 Å². The fourth-order valence-electron chi connectivity index (χ4n) is 0.573. The number of carbonyl (C=O) groups excluding carboxylic acids is 1. The Morgan fingerprint density at radius 1 is 1.64 bits per heavy atom. The summed E-state index contributed by atoms with van der Waals surface area (Å²) in [7, 11) is 0. The number of aliphatic hydroxyl groups excluding tert-OH is 1. The summed E-state index contributed by atoms with van der Waals surface area (Å²) < 4.78 is 27.2. The molecule has 76 valence electrons. The lowest BCUT2D eigenvalue weighted by Gasteiger charge is -2.03. The molecule has 0 saturated carbocycles. The van der Waals surface area contributed by atoms with Gasteiger partial charge in [0.2, 0.25) is 5.76 Å². The van der Waals surface area contributed by atoms with Crippen LogP contribution in [0.5, 0.6) is 0 Å². The highest BCUT2D eigenvalue weighted by molar-refractivity contribution is 5.73. The van der Waals surface area contributed by atoms with Gasteiger partial charge in [0, 0.05) is 0 Å². The van der Waals surface area contributed by atoms with Gasteiger partial charge in [-0.15, -0.1) is 6.42 Å². The minimum absolute atomic E-state index is 0.133. The van der Waals surface area contributed by atoms with Crippen molar-refractivity contribution in [1.29, 1.82) is 0 Å². The lowest BCUT2D eigenvalue weighted by molar-refractivity contribution is -0.104. The van der Waals surface area contributed by atoms with Crippen LogP contribution in [0, 0.1) is 12.3 Å². The minimum Gasteiger partial charge on any atom is -0.504 e. The molecule has 0 aliphatic heterocycles. The van der Waals surface area contributed by atoms with Crippen molar-refractivity contribution in [1.82, 2.24) is 0 Å². The van der Waals surface area contributed by atoms with E-state index in [1.807, 2.05) is 0 Å². The lowest BCUT2D eigenvalue weighted by atomic mass is 10.2. The molecule has 14 heavy (non-hydrogen) atoms. The second-order valence-electron chi connectivity index (χ2n) is 2.24. The molecular weight excluding hydrogens is 194 g/mol. The number of aliphatic hydroxyl groups is 1. The largest absolute Gasteiger partial charge is 0.504 e. The maximum Gasteiger partial charge on any atom is 0.388 e. The van der Waals surface area contributed by atoms with Crippen LogP contribution in [0.1, 0.15) is 6.92 Å². The molecule has 0 unspecified atom stereocenters. The Labute approximate surface area is 79.7 Å². The van der Waals surface area contributed by atoms with Crippen molar-refractivity contribution >= 4 is 6.29 Å². The number of ether oxygens (including phenoxy) is 1. The van der Waals surface area contributed by atoms with Crippen LogP contribution in [0.25, 0.3) is 0 Å². The summed E-state index contributed by atoms with van der Waals surface area (Å²) in [5.74, 6) is 0.339. The second-order valence-corrected chi connectivity index (χ2v) is 2.24. The van der Waals surface area contributed by atoms with Crippen molar-refractivity contribution < 1.29 is 23.4 Å². The van der Waals surface area contributed by atoms with E-state index in [2.05, 4.69) is 4.74 Å². The molecule has 3 nitrogen and oxygen atoms in total. The van der Waals surface area contributed by atoms with Crippen molar-refractivity contribution in [3.63, 3.8) is 0 Å². The normalized spacial score (nSPS) is 13.2. The predicted molar refractivity (Wildman–Crippen MR) is 45.4 cm³/mol. The molecule has 0 aliphatic carbocycles. The number of hydrogen-bond donors (Lipinski definition) is 1. The van der Waals surface area contributed by atoms with Crippen molar-refractivity contribution in [3.8, 4) is 12.3 Å². The summed E-state index contributed by atoms with van der Waals surface area (Å²) in [6.45, 7) is -1.74. The number of allylic oxidation sites excluding steroid dienone is 3. The number of alkyl halides is 2. The zero-order chi connectivity index (χ0) is 11.1. The van der Waals surface area contributed by atoms with Crippen LogP contribution in [0.15, 0.2) is 23.2 Å². The average molecular weight is 202 g/mol. The van der Waals surface area contributed by atoms with Crippen LogP contribution < -0.4 is 0 Å². The van der Waals surface area contributed by atoms with Crippen LogP contribution in [0.4, 0.5) is 8.78 Å². The highest BCUT2D eigenvalue weighted by Gasteiger charge is 2.09. The molecule has 0 saturated heterocycles. The molecule has 0 rings (SSSR count). The zero-order valence-corrected chi connectivity index (χ0v) is 7.33. The quantitative estimate of drug-likeness (QED) is 0.248. The minimum atomic E-state index is -3.12. The van der Waals surface area contributed by atoms with Gasteiger partial charge < -0.3 is 9.84 Å². The molecule has 0 bridgehead atoms. The van der Waals surface area contributed by atoms with Crippen LogP contribution in [-0.2, 0) is 9.53 Å². The molecule has 0 fully saturated rings. The monoisotopic (exact) mass is 202 g/mol. The van der Waals surface area contributed by atoms with Crippen molar-refractivity contribution in [2.45, 2.75) is 13.5 Å². The van der Waals surface area contributed by atoms with Gasteiger partial charge in [-0.25, -0.2) is 0 Å². The lowest BCUT2D eigenvalue weighted by Crippen LogP contribution is -2.00. The molecule has 0 atom stereocenters. The molecule has 0 heterocycles. The van der Waals surface area contributed by atoms with E-state index in [4.69, 9.17) is 11.5 Å². The topological polar surface area (TPSA) is 46.5 Å². The Morgan fingerprint density at radius 3 is 2.57 bits per heavy atom. The zero-order valence-electron chi connectivity index (χ0n) is 7.33. The fourth-order valence-corrected chi connectivity index (χ4v) is 0.573. The van der Waals surface area contributed by atoms with Gasteiger partial charge >= 0.3 is 6.61 Å². The van der Waals surface area contributed by atoms with Gasteiger partial charge in [0.05, 0.1) is 0 Å². The Hall–Kier alpha value is -1.83. The van der Waals surface area contributed by atoms with E-state index >= 15 is 0 Å². The Kier molecular flexibility index (Phi) is 5.00. The van der Waals surface area contributed by atoms with Crippen molar-refractivity contribution in [2.75, 3.05) is 0 Å². The van der Waals surface area contributed by atoms with E-state index in [1.165, 1.54) is 6.92 Å². The molecule has 0 aliphatic rings. The molecular formula is C9H8F2O3. The molecule has 0 aromatic heterocycles. The molecule has 0 aromatic rings. The molecule has 5 heteroatoms. The molecule has 0 spiro atoms. The van der Waals surface area contributed by atoms with Gasteiger partial charge in [-0.1, -0.05) is 0 Å². The third kappa shape index (κ3) is 4.26. The van der Waals surface area contributed by atoms with Gasteiger partial charge in [-0.05, 0) is 24.5 Å². The first-order valence-corrected chi connectivity index (χ1v) is 3.49. The van der Waals surface area contributed by atoms with Gasteiger partial charge in [-0.3, -0.25) is 4.79 Å². The van der Waals surface area contributed by atoms with Crippen molar-refractivity contribution in [3.05, 3.63) is 23.2 Å². The van der Waals surface area contributed by atoms with Crippen LogP contribution in [0.3, 0.4) is 0 Å². The first-order valence-electron chi connectivity index (χ1n) is 3.49. The van der Waals surface area contributed by atoms with Gasteiger partial charge in [-0.2, -0.15) is 8.78 Å². The summed E-state index contributed by atoms with van der Waals surface area (Å²) in [6.07, 6.45) is 6.17. The number of rotatable bonds is 4. The molecule has 0 radical (unpaired) electrons. The summed E-state index contributed by atoms with van der Waals surface area (Å²) in [5.41, 5.74) is 0.133. The molecule has 1 N–H and O–H groups in total. The summed E-state index contributed by atoms with van der Waals surface area (Å²) >= 11 is 0. The van der Waals surface area contributed by atoms with E-state index in [0.29, 0.717) is 6.29 Å². The average Bonchev–Trinajstić information content (AvgIpc) is 2.13. The first kappa shape index (κ1) is 12.2. The predicted octanol–water partition coefficient (Wildman–Crippen LogP) is 1.77. The second kappa shape index (κ2) is 5.75. The van der Waals surface area contributed by atoms with Crippen LogP contribution in [-0.4, -0.2) is 18.0 Å². The summed E-state index contributed by atoms with van der Waals surface area (Å²) in [4.78, 5) is 10.1. The summed E-state index contributed by atoms with van der Waals surface area (Å²) in [5, 5.41) is 9.10. The number of carbonyl (C=O) groups is 1. The van der Waals surface area contributed by atoms with E-state index < -0.39 is 18.1 Å². The Bertz CT molecular complexity index is 311. The van der Waals surface area contributed by atoms with Crippen molar-refractivity contribution in [2.24, 2.45) is 0 Å². The maximum atomic E-state index is 11.7. The maximum absolute atomic E-state index is 11.7. The Balaban J connectivity index is 4.86. The molecule has 0 amide bonds. The highest BCUT2D eigenvalue weighted by Crippen LogP contribution is 2.10. The van der Waals surface area contributed by atoms with Gasteiger partial charge in [0.1, 0.15) is 6.29 Å². The van der Waals surface area contributed by atoms with Gasteiger partial charge in [0.25, 0.3) is 0 Å². The number of terminal acetylenes is 1. The van der Waals surface area contributed by atoms with E-state index in [9.17, 15) is 13.6 Å². The van der Waals surface area contributed by atoms with E-state index in [1.54, 1.807) is 5.92 Å².